The Morgan fingerprint density at radius 2 is 1.90 bits per heavy atom. The standard InChI is InChI=1S/C27H26ClFN8O2S/c1-3-36-14-19(24(38)18-12-20(29)22(13-21(18)36)37-10-8-35(2)9-11-37)25-30-27(34-32-25)40-15-23-31-33-26(39-23)16-4-6-17(28)7-5-16/h4-7,12-14H,3,8-11,15H2,1-2H3,(H,30,32,34). The Morgan fingerprint density at radius 1 is 1.12 bits per heavy atom. The van der Waals surface area contributed by atoms with E-state index < -0.39 is 5.82 Å². The average Bonchev–Trinajstić information content (AvgIpc) is 3.63. The van der Waals surface area contributed by atoms with E-state index in [0.29, 0.717) is 62.2 Å². The summed E-state index contributed by atoms with van der Waals surface area (Å²) in [5.74, 6) is 1.05. The fraction of sp³-hybridized carbons (Fsp3) is 0.296. The van der Waals surface area contributed by atoms with Gasteiger partial charge in [-0.05, 0) is 50.4 Å². The van der Waals surface area contributed by atoms with Gasteiger partial charge < -0.3 is 18.8 Å². The summed E-state index contributed by atoms with van der Waals surface area (Å²) in [4.78, 5) is 22.2. The second-order valence-corrected chi connectivity index (χ2v) is 10.9. The molecule has 5 aromatic rings. The van der Waals surface area contributed by atoms with Gasteiger partial charge in [-0.25, -0.2) is 9.37 Å². The number of aromatic nitrogens is 6. The molecule has 1 saturated heterocycles. The van der Waals surface area contributed by atoms with Crippen molar-refractivity contribution >= 4 is 40.0 Å². The van der Waals surface area contributed by atoms with Crippen molar-refractivity contribution in [1.82, 2.24) is 34.8 Å². The second-order valence-electron chi connectivity index (χ2n) is 9.53. The number of fused-ring (bicyclic) bond motifs is 1. The van der Waals surface area contributed by atoms with E-state index in [1.54, 1.807) is 36.5 Å². The molecular weight excluding hydrogens is 555 g/mol. The third-order valence-electron chi connectivity index (χ3n) is 6.94. The summed E-state index contributed by atoms with van der Waals surface area (Å²) in [6, 6.07) is 10.3. The van der Waals surface area contributed by atoms with Crippen LogP contribution in [0.15, 0.2) is 57.0 Å². The SMILES string of the molecule is CCn1cc(-c2nc(SCc3nnc(-c4ccc(Cl)cc4)o3)n[nH]2)c(=O)c2cc(F)c(N3CCN(C)CC3)cc21. The van der Waals surface area contributed by atoms with E-state index in [1.165, 1.54) is 17.8 Å². The van der Waals surface area contributed by atoms with Crippen LogP contribution in [0.5, 0.6) is 0 Å². The van der Waals surface area contributed by atoms with Crippen LogP contribution >= 0.6 is 23.4 Å². The third-order valence-corrected chi connectivity index (χ3v) is 8.02. The zero-order valence-electron chi connectivity index (χ0n) is 21.9. The molecule has 0 bridgehead atoms. The molecule has 1 aliphatic rings. The fourth-order valence-electron chi connectivity index (χ4n) is 4.70. The number of aryl methyl sites for hydroxylation is 1. The van der Waals surface area contributed by atoms with E-state index in [4.69, 9.17) is 16.0 Å². The molecule has 3 aromatic heterocycles. The Morgan fingerprint density at radius 3 is 2.65 bits per heavy atom. The van der Waals surface area contributed by atoms with Crippen LogP contribution < -0.4 is 10.3 Å². The zero-order chi connectivity index (χ0) is 27.8. The Kier molecular flexibility index (Phi) is 7.30. The summed E-state index contributed by atoms with van der Waals surface area (Å²) in [5.41, 5.74) is 2.00. The molecule has 0 unspecified atom stereocenters. The number of hydrogen-bond acceptors (Lipinski definition) is 9. The molecule has 1 N–H and O–H groups in total. The van der Waals surface area contributed by atoms with Gasteiger partial charge in [0, 0.05) is 54.9 Å². The van der Waals surface area contributed by atoms with Gasteiger partial charge in [0.1, 0.15) is 5.82 Å². The predicted octanol–water partition coefficient (Wildman–Crippen LogP) is 4.69. The van der Waals surface area contributed by atoms with Gasteiger partial charge in [0.05, 0.1) is 22.5 Å². The molecule has 2 aromatic carbocycles. The van der Waals surface area contributed by atoms with Crippen LogP contribution in [0.2, 0.25) is 5.02 Å². The lowest BCUT2D eigenvalue weighted by Crippen LogP contribution is -2.44. The molecule has 1 fully saturated rings. The monoisotopic (exact) mass is 580 g/mol. The van der Waals surface area contributed by atoms with Crippen molar-refractivity contribution in [3.05, 3.63) is 69.5 Å². The number of nitrogens with zero attached hydrogens (tertiary/aromatic N) is 7. The number of likely N-dealkylation sites (N-methyl/N-ethyl adjacent to an activating group) is 1. The van der Waals surface area contributed by atoms with Crippen LogP contribution in [0.3, 0.4) is 0 Å². The largest absolute Gasteiger partial charge is 0.420 e. The smallest absolute Gasteiger partial charge is 0.247 e. The summed E-state index contributed by atoms with van der Waals surface area (Å²) < 4.78 is 23.0. The Labute approximate surface area is 238 Å². The molecule has 0 radical (unpaired) electrons. The first-order valence-electron chi connectivity index (χ1n) is 12.8. The minimum absolute atomic E-state index is 0.305. The van der Waals surface area contributed by atoms with Gasteiger partial charge in [-0.1, -0.05) is 23.4 Å². The number of H-pyrrole nitrogens is 1. The summed E-state index contributed by atoms with van der Waals surface area (Å²) in [7, 11) is 2.06. The molecule has 6 rings (SSSR count). The van der Waals surface area contributed by atoms with Crippen LogP contribution in [0, 0.1) is 5.82 Å². The molecule has 40 heavy (non-hydrogen) atoms. The number of piperazine rings is 1. The molecule has 0 atom stereocenters. The van der Waals surface area contributed by atoms with Gasteiger partial charge in [0.2, 0.25) is 16.9 Å². The van der Waals surface area contributed by atoms with E-state index in [-0.39, 0.29) is 5.43 Å². The Hall–Kier alpha value is -3.74. The maximum Gasteiger partial charge on any atom is 0.247 e. The van der Waals surface area contributed by atoms with Gasteiger partial charge in [0.15, 0.2) is 11.3 Å². The van der Waals surface area contributed by atoms with Crippen molar-refractivity contribution in [3.8, 4) is 22.8 Å². The highest BCUT2D eigenvalue weighted by atomic mass is 35.5. The van der Waals surface area contributed by atoms with Crippen LogP contribution in [0.1, 0.15) is 12.8 Å². The highest BCUT2D eigenvalue weighted by Gasteiger charge is 2.21. The van der Waals surface area contributed by atoms with Crippen molar-refractivity contribution in [3.63, 3.8) is 0 Å². The number of benzene rings is 2. The maximum atomic E-state index is 15.3. The summed E-state index contributed by atoms with van der Waals surface area (Å²) >= 11 is 7.23. The number of anilines is 1. The van der Waals surface area contributed by atoms with Crippen LogP contribution in [0.4, 0.5) is 10.1 Å². The van der Waals surface area contributed by atoms with Crippen LogP contribution in [0.25, 0.3) is 33.7 Å². The molecule has 0 amide bonds. The van der Waals surface area contributed by atoms with Crippen molar-refractivity contribution in [2.24, 2.45) is 0 Å². The average molecular weight is 581 g/mol. The molecule has 1 aliphatic heterocycles. The van der Waals surface area contributed by atoms with E-state index in [9.17, 15) is 4.79 Å². The molecule has 4 heterocycles. The van der Waals surface area contributed by atoms with E-state index in [0.717, 1.165) is 31.7 Å². The second kappa shape index (κ2) is 11.0. The Balaban J connectivity index is 1.24. The van der Waals surface area contributed by atoms with Crippen molar-refractivity contribution in [2.45, 2.75) is 24.4 Å². The van der Waals surface area contributed by atoms with Crippen molar-refractivity contribution < 1.29 is 8.81 Å². The van der Waals surface area contributed by atoms with Gasteiger partial charge in [-0.15, -0.1) is 15.3 Å². The fourth-order valence-corrected chi connectivity index (χ4v) is 5.46. The summed E-state index contributed by atoms with van der Waals surface area (Å²) in [6.45, 7) is 5.77. The van der Waals surface area contributed by atoms with Gasteiger partial charge in [-0.3, -0.25) is 9.89 Å². The lowest BCUT2D eigenvalue weighted by Gasteiger charge is -2.34. The number of halogens is 2. The van der Waals surface area contributed by atoms with Crippen molar-refractivity contribution in [1.29, 1.82) is 0 Å². The summed E-state index contributed by atoms with van der Waals surface area (Å²) in [5, 5.41) is 16.6. The molecular formula is C27H26ClFN8O2S. The first kappa shape index (κ1) is 26.5. The number of rotatable bonds is 7. The van der Waals surface area contributed by atoms with Gasteiger partial charge in [0.25, 0.3) is 0 Å². The number of pyridine rings is 1. The first-order chi connectivity index (χ1) is 19.4. The first-order valence-corrected chi connectivity index (χ1v) is 14.2. The zero-order valence-corrected chi connectivity index (χ0v) is 23.5. The molecule has 10 nitrogen and oxygen atoms in total. The van der Waals surface area contributed by atoms with E-state index in [2.05, 4.69) is 37.3 Å². The molecule has 0 aliphatic carbocycles. The molecule has 206 valence electrons. The summed E-state index contributed by atoms with van der Waals surface area (Å²) in [6.07, 6.45) is 1.75. The minimum atomic E-state index is -0.403. The van der Waals surface area contributed by atoms with Gasteiger partial charge >= 0.3 is 0 Å². The lowest BCUT2D eigenvalue weighted by molar-refractivity contribution is 0.312. The number of thioether (sulfide) groups is 1. The van der Waals surface area contributed by atoms with Crippen LogP contribution in [-0.2, 0) is 12.3 Å². The Bertz CT molecular complexity index is 1730. The van der Waals surface area contributed by atoms with E-state index >= 15 is 4.39 Å². The normalized spacial score (nSPS) is 14.3. The highest BCUT2D eigenvalue weighted by molar-refractivity contribution is 7.98. The third kappa shape index (κ3) is 5.21. The maximum absolute atomic E-state index is 15.3. The highest BCUT2D eigenvalue weighted by Crippen LogP contribution is 2.28. The van der Waals surface area contributed by atoms with Crippen LogP contribution in [-0.4, -0.2) is 68.1 Å². The number of aromatic amines is 1. The number of hydrogen-bond donors (Lipinski definition) is 1. The minimum Gasteiger partial charge on any atom is -0.420 e. The van der Waals surface area contributed by atoms with Crippen molar-refractivity contribution in [2.75, 3.05) is 38.1 Å². The number of nitrogens with one attached hydrogen (secondary N) is 1. The lowest BCUT2D eigenvalue weighted by atomic mass is 10.1. The quantitative estimate of drug-likeness (QED) is 0.274. The predicted molar refractivity (Wildman–Crippen MR) is 153 cm³/mol. The molecule has 0 saturated carbocycles. The van der Waals surface area contributed by atoms with E-state index in [1.807, 2.05) is 16.4 Å². The van der Waals surface area contributed by atoms with Gasteiger partial charge in [-0.2, -0.15) is 0 Å². The topological polar surface area (TPSA) is 109 Å². The molecule has 0 spiro atoms. The molecule has 13 heteroatoms.